The maximum absolute atomic E-state index is 11.6. The van der Waals surface area contributed by atoms with Gasteiger partial charge in [0.2, 0.25) is 5.91 Å². The van der Waals surface area contributed by atoms with Crippen molar-refractivity contribution in [2.75, 3.05) is 13.2 Å². The summed E-state index contributed by atoms with van der Waals surface area (Å²) in [5.41, 5.74) is 11.4. The molecule has 1 unspecified atom stereocenters. The van der Waals surface area contributed by atoms with E-state index in [2.05, 4.69) is 5.32 Å². The number of hydrogen-bond donors (Lipinski definition) is 3. The van der Waals surface area contributed by atoms with Crippen molar-refractivity contribution in [1.29, 1.82) is 0 Å². The summed E-state index contributed by atoms with van der Waals surface area (Å²) in [6, 6.07) is 6.35. The van der Waals surface area contributed by atoms with Gasteiger partial charge in [-0.3, -0.25) is 9.59 Å². The first-order valence-corrected chi connectivity index (χ1v) is 6.61. The fourth-order valence-corrected chi connectivity index (χ4v) is 1.84. The van der Waals surface area contributed by atoms with Crippen LogP contribution in [0.3, 0.4) is 0 Å². The van der Waals surface area contributed by atoms with Crippen molar-refractivity contribution in [2.24, 2.45) is 17.4 Å². The van der Waals surface area contributed by atoms with E-state index in [0.29, 0.717) is 23.8 Å². The van der Waals surface area contributed by atoms with Gasteiger partial charge >= 0.3 is 0 Å². The lowest BCUT2D eigenvalue weighted by atomic mass is 10.2. The first kappa shape index (κ1) is 14.3. The summed E-state index contributed by atoms with van der Waals surface area (Å²) in [4.78, 5) is 22.5. The summed E-state index contributed by atoms with van der Waals surface area (Å²) in [6.45, 7) is 0.404. The number of rotatable bonds is 7. The molecule has 2 amide bonds. The van der Waals surface area contributed by atoms with Gasteiger partial charge in [-0.15, -0.1) is 0 Å². The van der Waals surface area contributed by atoms with Crippen molar-refractivity contribution in [3.63, 3.8) is 0 Å². The molecule has 0 radical (unpaired) electrons. The first-order valence-electron chi connectivity index (χ1n) is 6.61. The molecule has 1 saturated carbocycles. The minimum absolute atomic E-state index is 0.0359. The van der Waals surface area contributed by atoms with E-state index >= 15 is 0 Å². The molecule has 0 aromatic heterocycles. The van der Waals surface area contributed by atoms with Crippen molar-refractivity contribution in [3.8, 4) is 5.75 Å². The molecule has 0 heterocycles. The zero-order valence-electron chi connectivity index (χ0n) is 11.2. The topological polar surface area (TPSA) is 107 Å². The fourth-order valence-electron chi connectivity index (χ4n) is 1.84. The molecule has 1 aromatic carbocycles. The molecule has 1 aliphatic carbocycles. The predicted molar refractivity (Wildman–Crippen MR) is 74.2 cm³/mol. The maximum atomic E-state index is 11.6. The Bertz CT molecular complexity index is 483. The summed E-state index contributed by atoms with van der Waals surface area (Å²) >= 11 is 0. The van der Waals surface area contributed by atoms with E-state index in [4.69, 9.17) is 16.2 Å². The molecule has 6 nitrogen and oxygen atoms in total. The Labute approximate surface area is 117 Å². The average Bonchev–Trinajstić information content (AvgIpc) is 3.27. The number of primary amides is 1. The smallest absolute Gasteiger partial charge is 0.257 e. The van der Waals surface area contributed by atoms with E-state index < -0.39 is 5.91 Å². The highest BCUT2D eigenvalue weighted by Crippen LogP contribution is 2.31. The molecule has 20 heavy (non-hydrogen) atoms. The molecular weight excluding hydrogens is 258 g/mol. The number of carbonyl (C=O) groups is 2. The van der Waals surface area contributed by atoms with Gasteiger partial charge in [0.25, 0.3) is 5.91 Å². The van der Waals surface area contributed by atoms with E-state index in [1.165, 1.54) is 0 Å². The molecule has 0 saturated heterocycles. The summed E-state index contributed by atoms with van der Waals surface area (Å²) in [5.74, 6) is 0.359. The molecular formula is C14H19N3O3. The first-order chi connectivity index (χ1) is 9.56. The molecule has 5 N–H and O–H groups in total. The Morgan fingerprint density at radius 3 is 2.50 bits per heavy atom. The molecule has 1 fully saturated rings. The van der Waals surface area contributed by atoms with Crippen LogP contribution < -0.4 is 21.5 Å². The average molecular weight is 277 g/mol. The Morgan fingerprint density at radius 2 is 1.95 bits per heavy atom. The van der Waals surface area contributed by atoms with Crippen LogP contribution in [-0.2, 0) is 4.79 Å². The third-order valence-electron chi connectivity index (χ3n) is 3.27. The number of hydrogen-bond acceptors (Lipinski definition) is 4. The van der Waals surface area contributed by atoms with Crippen LogP contribution in [-0.4, -0.2) is 31.0 Å². The highest BCUT2D eigenvalue weighted by atomic mass is 16.5. The molecule has 0 aliphatic heterocycles. The summed E-state index contributed by atoms with van der Waals surface area (Å²) in [6.07, 6.45) is 2.31. The third kappa shape index (κ3) is 4.24. The Balaban J connectivity index is 1.70. The second kappa shape index (κ2) is 6.38. The molecule has 0 spiro atoms. The summed E-state index contributed by atoms with van der Waals surface area (Å²) in [5, 5.41) is 2.74. The quantitative estimate of drug-likeness (QED) is 0.653. The SMILES string of the molecule is NC(=O)c1ccc(OCC(=O)NCC(N)C2CC2)cc1. The van der Waals surface area contributed by atoms with Gasteiger partial charge in [0.05, 0.1) is 0 Å². The fraction of sp³-hybridized carbons (Fsp3) is 0.429. The summed E-state index contributed by atoms with van der Waals surface area (Å²) < 4.78 is 5.31. The Hall–Kier alpha value is -2.08. The lowest BCUT2D eigenvalue weighted by molar-refractivity contribution is -0.123. The predicted octanol–water partition coefficient (Wildman–Crippen LogP) is 0.0178. The lowest BCUT2D eigenvalue weighted by Crippen LogP contribution is -2.40. The number of amides is 2. The second-order valence-electron chi connectivity index (χ2n) is 4.98. The van der Waals surface area contributed by atoms with E-state index in [0.717, 1.165) is 12.8 Å². The number of nitrogens with two attached hydrogens (primary N) is 2. The highest BCUT2D eigenvalue weighted by Gasteiger charge is 2.28. The molecule has 0 bridgehead atoms. The van der Waals surface area contributed by atoms with Crippen molar-refractivity contribution in [3.05, 3.63) is 29.8 Å². The van der Waals surface area contributed by atoms with Crippen LogP contribution in [0.15, 0.2) is 24.3 Å². The van der Waals surface area contributed by atoms with Crippen LogP contribution in [0, 0.1) is 5.92 Å². The highest BCUT2D eigenvalue weighted by molar-refractivity contribution is 5.92. The van der Waals surface area contributed by atoms with Gasteiger partial charge in [0, 0.05) is 18.2 Å². The monoisotopic (exact) mass is 277 g/mol. The van der Waals surface area contributed by atoms with Crippen molar-refractivity contribution in [2.45, 2.75) is 18.9 Å². The van der Waals surface area contributed by atoms with E-state index in [1.54, 1.807) is 24.3 Å². The van der Waals surface area contributed by atoms with Crippen LogP contribution in [0.2, 0.25) is 0 Å². The van der Waals surface area contributed by atoms with Gasteiger partial charge in [-0.1, -0.05) is 0 Å². The number of nitrogens with one attached hydrogen (secondary N) is 1. The second-order valence-corrected chi connectivity index (χ2v) is 4.98. The normalized spacial score (nSPS) is 15.4. The molecule has 108 valence electrons. The van der Waals surface area contributed by atoms with Gasteiger partial charge in [-0.2, -0.15) is 0 Å². The van der Waals surface area contributed by atoms with Crippen molar-refractivity contribution < 1.29 is 14.3 Å². The van der Waals surface area contributed by atoms with Crippen molar-refractivity contribution in [1.82, 2.24) is 5.32 Å². The van der Waals surface area contributed by atoms with Gasteiger partial charge < -0.3 is 21.5 Å². The summed E-state index contributed by atoms with van der Waals surface area (Å²) in [7, 11) is 0. The Morgan fingerprint density at radius 1 is 1.30 bits per heavy atom. The number of ether oxygens (including phenoxy) is 1. The van der Waals surface area contributed by atoms with E-state index in [1.807, 2.05) is 0 Å². The van der Waals surface area contributed by atoms with Crippen LogP contribution in [0.25, 0.3) is 0 Å². The van der Waals surface area contributed by atoms with E-state index in [-0.39, 0.29) is 18.6 Å². The zero-order chi connectivity index (χ0) is 14.5. The third-order valence-corrected chi connectivity index (χ3v) is 3.27. The molecule has 1 aromatic rings. The minimum atomic E-state index is -0.497. The minimum Gasteiger partial charge on any atom is -0.484 e. The van der Waals surface area contributed by atoms with Crippen LogP contribution in [0.1, 0.15) is 23.2 Å². The number of benzene rings is 1. The largest absolute Gasteiger partial charge is 0.484 e. The molecule has 1 atom stereocenters. The molecule has 1 aliphatic rings. The maximum Gasteiger partial charge on any atom is 0.257 e. The van der Waals surface area contributed by atoms with Crippen LogP contribution >= 0.6 is 0 Å². The van der Waals surface area contributed by atoms with Gasteiger partial charge in [-0.05, 0) is 43.0 Å². The molecule has 2 rings (SSSR count). The van der Waals surface area contributed by atoms with Crippen LogP contribution in [0.5, 0.6) is 5.75 Å². The number of carbonyl (C=O) groups excluding carboxylic acids is 2. The van der Waals surface area contributed by atoms with Crippen LogP contribution in [0.4, 0.5) is 0 Å². The van der Waals surface area contributed by atoms with E-state index in [9.17, 15) is 9.59 Å². The molecule has 6 heteroatoms. The zero-order valence-corrected chi connectivity index (χ0v) is 11.2. The van der Waals surface area contributed by atoms with Gasteiger partial charge in [0.1, 0.15) is 5.75 Å². The van der Waals surface area contributed by atoms with Gasteiger partial charge in [0.15, 0.2) is 6.61 Å². The standard InChI is InChI=1S/C14H19N3O3/c15-12(9-1-2-9)7-17-13(18)8-20-11-5-3-10(4-6-11)14(16)19/h3-6,9,12H,1-2,7-8,15H2,(H2,16,19)(H,17,18). The Kier molecular flexibility index (Phi) is 4.57. The lowest BCUT2D eigenvalue weighted by Gasteiger charge is -2.12. The van der Waals surface area contributed by atoms with Crippen molar-refractivity contribution >= 4 is 11.8 Å². The van der Waals surface area contributed by atoms with Gasteiger partial charge in [-0.25, -0.2) is 0 Å².